The number of hydrogen-bond donors (Lipinski definition) is 2. The first-order valence-corrected chi connectivity index (χ1v) is 7.56. The molecule has 0 saturated carbocycles. The fraction of sp³-hybridized carbons (Fsp3) is 0.615. The van der Waals surface area contributed by atoms with Crippen molar-refractivity contribution in [2.45, 2.75) is 19.8 Å². The Morgan fingerprint density at radius 3 is 2.65 bits per heavy atom. The summed E-state index contributed by atoms with van der Waals surface area (Å²) in [5.41, 5.74) is 0. The van der Waals surface area contributed by atoms with Crippen molar-refractivity contribution < 1.29 is 0 Å². The molecule has 0 radical (unpaired) electrons. The average molecular weight is 251 g/mol. The van der Waals surface area contributed by atoms with Gasteiger partial charge in [0.2, 0.25) is 0 Å². The van der Waals surface area contributed by atoms with Gasteiger partial charge in [-0.1, -0.05) is 6.07 Å². The number of thioether (sulfide) groups is 1. The molecule has 1 aromatic rings. The summed E-state index contributed by atoms with van der Waals surface area (Å²) in [6.45, 7) is 4.06. The quantitative estimate of drug-likeness (QED) is 0.843. The van der Waals surface area contributed by atoms with Crippen LogP contribution in [0.1, 0.15) is 19.8 Å². The summed E-state index contributed by atoms with van der Waals surface area (Å²) in [5.74, 6) is 5.40. The van der Waals surface area contributed by atoms with Gasteiger partial charge < -0.3 is 10.6 Å². The lowest BCUT2D eigenvalue weighted by atomic mass is 10.0. The molecule has 0 unspecified atom stereocenters. The third-order valence-corrected chi connectivity index (χ3v) is 4.07. The van der Waals surface area contributed by atoms with E-state index < -0.39 is 0 Å². The van der Waals surface area contributed by atoms with Crippen molar-refractivity contribution >= 4 is 23.4 Å². The first kappa shape index (κ1) is 12.6. The van der Waals surface area contributed by atoms with Gasteiger partial charge in [-0.2, -0.15) is 11.8 Å². The number of nitrogens with zero attached hydrogens (tertiary/aromatic N) is 1. The molecule has 17 heavy (non-hydrogen) atoms. The summed E-state index contributed by atoms with van der Waals surface area (Å²) in [4.78, 5) is 4.52. The highest BCUT2D eigenvalue weighted by atomic mass is 32.2. The lowest BCUT2D eigenvalue weighted by Crippen LogP contribution is -2.19. The van der Waals surface area contributed by atoms with Crippen LogP contribution >= 0.6 is 11.8 Å². The highest BCUT2D eigenvalue weighted by Gasteiger charge is 2.13. The third-order valence-electron chi connectivity index (χ3n) is 3.02. The van der Waals surface area contributed by atoms with E-state index >= 15 is 0 Å². The monoisotopic (exact) mass is 251 g/mol. The van der Waals surface area contributed by atoms with Gasteiger partial charge in [0.05, 0.1) is 0 Å². The topological polar surface area (TPSA) is 37.0 Å². The van der Waals surface area contributed by atoms with Gasteiger partial charge in [0.15, 0.2) is 0 Å². The van der Waals surface area contributed by atoms with Crippen molar-refractivity contribution in [3.8, 4) is 0 Å². The van der Waals surface area contributed by atoms with Gasteiger partial charge in [-0.05, 0) is 49.3 Å². The maximum absolute atomic E-state index is 4.52. The molecule has 0 aromatic carbocycles. The molecule has 1 aliphatic heterocycles. The van der Waals surface area contributed by atoms with E-state index in [0.29, 0.717) is 0 Å². The van der Waals surface area contributed by atoms with E-state index in [1.165, 1.54) is 24.3 Å². The molecule has 0 aliphatic carbocycles. The Morgan fingerprint density at radius 2 is 1.94 bits per heavy atom. The summed E-state index contributed by atoms with van der Waals surface area (Å²) in [6.07, 6.45) is 2.68. The second kappa shape index (κ2) is 6.74. The number of pyridine rings is 1. The summed E-state index contributed by atoms with van der Waals surface area (Å²) in [5, 5.41) is 6.68. The van der Waals surface area contributed by atoms with Crippen LogP contribution in [0.2, 0.25) is 0 Å². The Kier molecular flexibility index (Phi) is 4.98. The Labute approximate surface area is 108 Å². The predicted octanol–water partition coefficient (Wildman–Crippen LogP) is 3.07. The third kappa shape index (κ3) is 4.11. The van der Waals surface area contributed by atoms with E-state index in [0.717, 1.165) is 30.6 Å². The van der Waals surface area contributed by atoms with Crippen LogP contribution in [0.3, 0.4) is 0 Å². The summed E-state index contributed by atoms with van der Waals surface area (Å²) in [7, 11) is 0. The molecular formula is C13H21N3S. The molecule has 1 saturated heterocycles. The maximum Gasteiger partial charge on any atom is 0.128 e. The van der Waals surface area contributed by atoms with E-state index in [2.05, 4.69) is 34.3 Å². The second-order valence-corrected chi connectivity index (χ2v) is 5.60. The molecule has 1 fully saturated rings. The molecular weight excluding hydrogens is 230 g/mol. The molecule has 4 heteroatoms. The van der Waals surface area contributed by atoms with Crippen molar-refractivity contribution in [3.05, 3.63) is 18.2 Å². The van der Waals surface area contributed by atoms with Crippen LogP contribution < -0.4 is 10.6 Å². The van der Waals surface area contributed by atoms with Crippen molar-refractivity contribution in [2.24, 2.45) is 5.92 Å². The predicted molar refractivity (Wildman–Crippen MR) is 76.9 cm³/mol. The Morgan fingerprint density at radius 1 is 1.24 bits per heavy atom. The van der Waals surface area contributed by atoms with Crippen LogP contribution in [0, 0.1) is 5.92 Å². The van der Waals surface area contributed by atoms with Crippen molar-refractivity contribution in [1.82, 2.24) is 4.98 Å². The van der Waals surface area contributed by atoms with E-state index in [1.54, 1.807) is 0 Å². The number of nitrogens with one attached hydrogen (secondary N) is 2. The second-order valence-electron chi connectivity index (χ2n) is 4.38. The number of hydrogen-bond acceptors (Lipinski definition) is 4. The molecule has 0 amide bonds. The normalized spacial score (nSPS) is 16.8. The zero-order chi connectivity index (χ0) is 11.9. The van der Waals surface area contributed by atoms with Gasteiger partial charge in [-0.3, -0.25) is 0 Å². The summed E-state index contributed by atoms with van der Waals surface area (Å²) < 4.78 is 0. The Hall–Kier alpha value is -0.900. The zero-order valence-corrected chi connectivity index (χ0v) is 11.2. The summed E-state index contributed by atoms with van der Waals surface area (Å²) in [6, 6.07) is 6.09. The zero-order valence-electron chi connectivity index (χ0n) is 10.4. The minimum absolute atomic E-state index is 0.820. The fourth-order valence-electron chi connectivity index (χ4n) is 2.01. The fourth-order valence-corrected chi connectivity index (χ4v) is 3.22. The van der Waals surface area contributed by atoms with Gasteiger partial charge in [0.1, 0.15) is 11.6 Å². The Bertz CT molecular complexity index is 337. The van der Waals surface area contributed by atoms with Crippen LogP contribution in [0.25, 0.3) is 0 Å². The molecule has 1 aliphatic rings. The highest BCUT2D eigenvalue weighted by Crippen LogP contribution is 2.22. The molecule has 2 heterocycles. The van der Waals surface area contributed by atoms with Gasteiger partial charge in [0.25, 0.3) is 0 Å². The van der Waals surface area contributed by atoms with Gasteiger partial charge in [-0.25, -0.2) is 4.98 Å². The van der Waals surface area contributed by atoms with Crippen LogP contribution in [0.5, 0.6) is 0 Å². The van der Waals surface area contributed by atoms with Crippen molar-refractivity contribution in [3.63, 3.8) is 0 Å². The van der Waals surface area contributed by atoms with Crippen LogP contribution in [0.4, 0.5) is 11.6 Å². The smallest absolute Gasteiger partial charge is 0.128 e. The molecule has 0 bridgehead atoms. The maximum atomic E-state index is 4.52. The average Bonchev–Trinajstić information content (AvgIpc) is 2.39. The molecule has 3 nitrogen and oxygen atoms in total. The lowest BCUT2D eigenvalue weighted by Gasteiger charge is -2.21. The van der Waals surface area contributed by atoms with E-state index in [4.69, 9.17) is 0 Å². The van der Waals surface area contributed by atoms with Crippen LogP contribution in [-0.4, -0.2) is 29.6 Å². The lowest BCUT2D eigenvalue weighted by molar-refractivity contribution is 0.515. The summed E-state index contributed by atoms with van der Waals surface area (Å²) >= 11 is 2.08. The van der Waals surface area contributed by atoms with Crippen LogP contribution in [0.15, 0.2) is 18.2 Å². The number of rotatable bonds is 5. The minimum Gasteiger partial charge on any atom is -0.370 e. The van der Waals surface area contributed by atoms with Gasteiger partial charge >= 0.3 is 0 Å². The highest BCUT2D eigenvalue weighted by molar-refractivity contribution is 7.99. The van der Waals surface area contributed by atoms with E-state index in [9.17, 15) is 0 Å². The molecule has 2 rings (SSSR count). The van der Waals surface area contributed by atoms with Gasteiger partial charge in [0, 0.05) is 13.1 Å². The Balaban J connectivity index is 1.83. The first-order chi connectivity index (χ1) is 8.38. The molecule has 94 valence electrons. The molecule has 2 N–H and O–H groups in total. The van der Waals surface area contributed by atoms with Crippen LogP contribution in [-0.2, 0) is 0 Å². The van der Waals surface area contributed by atoms with E-state index in [1.807, 2.05) is 18.2 Å². The number of aromatic nitrogens is 1. The van der Waals surface area contributed by atoms with Crippen molar-refractivity contribution in [1.29, 1.82) is 0 Å². The first-order valence-electron chi connectivity index (χ1n) is 6.41. The number of anilines is 2. The van der Waals surface area contributed by atoms with E-state index in [-0.39, 0.29) is 0 Å². The van der Waals surface area contributed by atoms with Crippen molar-refractivity contribution in [2.75, 3.05) is 35.2 Å². The minimum atomic E-state index is 0.820. The molecule has 1 aromatic heterocycles. The SMILES string of the molecule is CCNc1cccc(NCC2CCSCC2)n1. The molecule has 0 atom stereocenters. The largest absolute Gasteiger partial charge is 0.370 e. The van der Waals surface area contributed by atoms with Gasteiger partial charge in [-0.15, -0.1) is 0 Å². The standard InChI is InChI=1S/C13H21N3S/c1-2-14-12-4-3-5-13(16-12)15-10-11-6-8-17-9-7-11/h3-5,11H,2,6-10H2,1H3,(H2,14,15,16). The molecule has 0 spiro atoms.